The van der Waals surface area contributed by atoms with E-state index in [0.717, 1.165) is 12.0 Å². The molecule has 1 N–H and O–H groups in total. The first-order valence-electron chi connectivity index (χ1n) is 35.9. The highest BCUT2D eigenvalue weighted by Gasteiger charge is 2.70. The van der Waals surface area contributed by atoms with Crippen molar-refractivity contribution in [1.29, 1.82) is 0 Å². The number of carbonyl (C=O) groups is 8. The van der Waals surface area contributed by atoms with Crippen molar-refractivity contribution in [1.82, 2.24) is 0 Å². The molecule has 31 atom stereocenters. The summed E-state index contributed by atoms with van der Waals surface area (Å²) in [5, 5.41) is 10.5. The van der Waals surface area contributed by atoms with Crippen molar-refractivity contribution in [2.45, 2.75) is 287 Å². The molecular formula is C73H112O26. The fourth-order valence-electron chi connectivity index (χ4n) is 18.6. The lowest BCUT2D eigenvalue weighted by molar-refractivity contribution is -0.389. The molecule has 99 heavy (non-hydrogen) atoms. The number of aliphatic hydroxyl groups is 1. The first kappa shape index (κ1) is 78.2. The van der Waals surface area contributed by atoms with Crippen LogP contribution in [0.3, 0.4) is 0 Å². The molecule has 4 saturated carbocycles. The van der Waals surface area contributed by atoms with Gasteiger partial charge in [0.1, 0.15) is 44.7 Å². The molecule has 1 spiro atoms. The molecule has 560 valence electrons. The van der Waals surface area contributed by atoms with Crippen LogP contribution >= 0.6 is 0 Å². The standard InChI is InChI=1S/C73H112O26/c1-34-27-72-25-21-56-70(18,23-20-24-71(56,19)69(82)98-67-62(42(9)38(5)54(93-67)31-85-46(13)77)96-64-59(87-48(15)79)39(6)35(2)51(28-74)90-64)57(72)22-26-73(34,33-72)99-68-63(97-66-61(89-50(17)81)41(8)37(4)53(92-66)30-84-45(12)76)58(43(10)55(94-68)32-86-47(14)78)95-65-60(88-49(16)80)40(7)36(3)52(91-65)29-83-44(11)75/h35-43,51-68,74H,1,20-33H2,2-19H3/t35-,36-,37-,38-,39-,40-,41-,42-,43+,51?,52?,53?,54?,55?,56?,57-,58-,59?,60?,61?,62?,63?,64-,65-,66-,67-,68-,70+,71+,72+,73?/m0/s1. The van der Waals surface area contributed by atoms with Gasteiger partial charge in [0.2, 0.25) is 6.29 Å². The predicted molar refractivity (Wildman–Crippen MR) is 347 cm³/mol. The Balaban J connectivity index is 1.04. The van der Waals surface area contributed by atoms with Crippen LogP contribution in [0.4, 0.5) is 0 Å². The van der Waals surface area contributed by atoms with E-state index in [1.165, 1.54) is 48.5 Å². The van der Waals surface area contributed by atoms with E-state index in [2.05, 4.69) is 6.92 Å². The van der Waals surface area contributed by atoms with Crippen LogP contribution in [0.25, 0.3) is 0 Å². The van der Waals surface area contributed by atoms with Crippen LogP contribution in [0, 0.1) is 81.3 Å². The third-order valence-electron chi connectivity index (χ3n) is 25.0. The number of fused-ring (bicyclic) bond motifs is 3. The normalized spacial score (nSPS) is 44.9. The molecule has 4 aliphatic carbocycles. The van der Waals surface area contributed by atoms with Gasteiger partial charge in [0, 0.05) is 72.1 Å². The minimum atomic E-state index is -1.38. The second kappa shape index (κ2) is 31.6. The highest BCUT2D eigenvalue weighted by molar-refractivity contribution is 5.77. The lowest BCUT2D eigenvalue weighted by atomic mass is 9.41. The lowest BCUT2D eigenvalue weighted by Gasteiger charge is -2.64. The number of aliphatic hydroxyl groups excluding tert-OH is 1. The van der Waals surface area contributed by atoms with Crippen molar-refractivity contribution in [3.63, 3.8) is 0 Å². The molecule has 0 aromatic heterocycles. The average Bonchev–Trinajstić information content (AvgIpc) is 1.60. The largest absolute Gasteiger partial charge is 0.463 e. The van der Waals surface area contributed by atoms with E-state index < -0.39 is 181 Å². The minimum absolute atomic E-state index is 0.0597. The molecular weight excluding hydrogens is 1290 g/mol. The van der Waals surface area contributed by atoms with Crippen LogP contribution < -0.4 is 0 Å². The highest BCUT2D eigenvalue weighted by Crippen LogP contribution is 2.74. The van der Waals surface area contributed by atoms with Gasteiger partial charge in [-0.25, -0.2) is 0 Å². The third kappa shape index (κ3) is 16.4. The quantitative estimate of drug-likeness (QED) is 0.0462. The zero-order chi connectivity index (χ0) is 72.7. The van der Waals surface area contributed by atoms with Crippen molar-refractivity contribution in [3.05, 3.63) is 12.2 Å². The van der Waals surface area contributed by atoms with E-state index >= 15 is 4.79 Å². The van der Waals surface area contributed by atoms with E-state index in [0.29, 0.717) is 51.4 Å². The number of carbonyl (C=O) groups excluding carboxylic acids is 8. The zero-order valence-electron chi connectivity index (χ0n) is 61.3. The average molecular weight is 1410 g/mol. The molecule has 12 unspecified atom stereocenters. The van der Waals surface area contributed by atoms with Crippen LogP contribution in [0.2, 0.25) is 0 Å². The summed E-state index contributed by atoms with van der Waals surface area (Å²) >= 11 is 0. The first-order chi connectivity index (χ1) is 46.5. The zero-order valence-corrected chi connectivity index (χ0v) is 61.3. The van der Waals surface area contributed by atoms with Gasteiger partial charge in [-0.15, -0.1) is 0 Å². The van der Waals surface area contributed by atoms with E-state index in [4.69, 9.17) is 87.1 Å². The molecule has 0 amide bonds. The molecule has 9 fully saturated rings. The van der Waals surface area contributed by atoms with Gasteiger partial charge in [0.25, 0.3) is 0 Å². The summed E-state index contributed by atoms with van der Waals surface area (Å²) in [5.74, 6) is -7.82. The fraction of sp³-hybridized carbons (Fsp3) is 0.863. The van der Waals surface area contributed by atoms with E-state index in [9.17, 15) is 38.7 Å². The molecule has 5 heterocycles. The Morgan fingerprint density at radius 3 is 1.25 bits per heavy atom. The van der Waals surface area contributed by atoms with Crippen molar-refractivity contribution < 1.29 is 124 Å². The molecule has 9 aliphatic rings. The Kier molecular flexibility index (Phi) is 25.0. The molecule has 5 aliphatic heterocycles. The van der Waals surface area contributed by atoms with Gasteiger partial charge in [-0.05, 0) is 116 Å². The predicted octanol–water partition coefficient (Wildman–Crippen LogP) is 8.18. The maximum absolute atomic E-state index is 15.7. The van der Waals surface area contributed by atoms with Crippen molar-refractivity contribution in [2.75, 3.05) is 33.0 Å². The van der Waals surface area contributed by atoms with Gasteiger partial charge in [-0.3, -0.25) is 38.4 Å². The summed E-state index contributed by atoms with van der Waals surface area (Å²) < 4.78 is 110. The topological polar surface area (TPSA) is 314 Å². The van der Waals surface area contributed by atoms with Crippen LogP contribution in [-0.4, -0.2) is 190 Å². The molecule has 0 aromatic carbocycles. The second-order valence-corrected chi connectivity index (χ2v) is 31.2. The van der Waals surface area contributed by atoms with E-state index in [1.807, 2.05) is 69.2 Å². The maximum atomic E-state index is 15.7. The maximum Gasteiger partial charge on any atom is 0.314 e. The Hall–Kier alpha value is -4.90. The number of rotatable bonds is 22. The number of esters is 8. The molecule has 2 bridgehead atoms. The molecule has 5 saturated heterocycles. The van der Waals surface area contributed by atoms with Crippen LogP contribution in [0.5, 0.6) is 0 Å². The Bertz CT molecular complexity index is 2920. The summed E-state index contributed by atoms with van der Waals surface area (Å²) in [4.78, 5) is 104. The van der Waals surface area contributed by atoms with Crippen LogP contribution in [0.1, 0.15) is 182 Å². The highest BCUT2D eigenvalue weighted by atomic mass is 16.8. The number of ether oxygens (including phenoxy) is 17. The summed E-state index contributed by atoms with van der Waals surface area (Å²) in [5.41, 5.74) is -2.05. The van der Waals surface area contributed by atoms with Gasteiger partial charge in [0.15, 0.2) is 43.5 Å². The van der Waals surface area contributed by atoms with Crippen LogP contribution in [-0.2, 0) is 119 Å². The van der Waals surface area contributed by atoms with Gasteiger partial charge >= 0.3 is 47.8 Å². The summed E-state index contributed by atoms with van der Waals surface area (Å²) in [7, 11) is 0. The SMILES string of the molecule is C=C1C[C@@]23CCC4[C@](C)(C(=O)O[C@@H]5OC(COC(C)=O)[C@@H](C)[C@H](C)C5O[C@@H]5OC(CO)[C@@H](C)[C@H](C)C5OC(C)=O)CCC[C@@]4(C)[C@@H]2CCC1(O[C@@H]1OC(COC(C)=O)[C@@H](C)[C@H](O[C@@H]2OC(COC(C)=O)[C@@H](C)[C@H](C)C2OC(C)=O)C1O[C@@H]1OC(COC(C)=O)[C@@H](C)[C@H](C)C1OC(C)=O)C3. The van der Waals surface area contributed by atoms with Gasteiger partial charge in [0.05, 0.1) is 48.1 Å². The third-order valence-corrected chi connectivity index (χ3v) is 25.0. The Labute approximate surface area is 582 Å². The molecule has 26 heteroatoms. The molecule has 9 rings (SSSR count). The summed E-state index contributed by atoms with van der Waals surface area (Å²) in [6, 6.07) is 0. The molecule has 26 nitrogen and oxygen atoms in total. The monoisotopic (exact) mass is 1400 g/mol. The number of hydrogen-bond acceptors (Lipinski definition) is 26. The number of hydrogen-bond donors (Lipinski definition) is 1. The van der Waals surface area contributed by atoms with Crippen molar-refractivity contribution >= 4 is 47.8 Å². The van der Waals surface area contributed by atoms with Gasteiger partial charge in [-0.2, -0.15) is 0 Å². The second-order valence-electron chi connectivity index (χ2n) is 31.2. The fourth-order valence-corrected chi connectivity index (χ4v) is 18.6. The van der Waals surface area contributed by atoms with E-state index in [-0.39, 0.29) is 85.8 Å². The first-order valence-corrected chi connectivity index (χ1v) is 35.9. The Morgan fingerprint density at radius 2 is 0.808 bits per heavy atom. The van der Waals surface area contributed by atoms with E-state index in [1.54, 1.807) is 0 Å². The molecule has 0 radical (unpaired) electrons. The van der Waals surface area contributed by atoms with Gasteiger partial charge in [-0.1, -0.05) is 82.2 Å². The van der Waals surface area contributed by atoms with Crippen molar-refractivity contribution in [2.24, 2.45) is 81.3 Å². The van der Waals surface area contributed by atoms with Crippen molar-refractivity contribution in [3.8, 4) is 0 Å². The lowest BCUT2D eigenvalue weighted by Crippen LogP contribution is -2.65. The summed E-state index contributed by atoms with van der Waals surface area (Å²) in [6.45, 7) is 34.4. The van der Waals surface area contributed by atoms with Crippen LogP contribution in [0.15, 0.2) is 12.2 Å². The summed E-state index contributed by atoms with van der Waals surface area (Å²) in [6.07, 6.45) is -11.0. The molecule has 0 aromatic rings. The van der Waals surface area contributed by atoms with Gasteiger partial charge < -0.3 is 85.6 Å². The smallest absolute Gasteiger partial charge is 0.314 e. The Morgan fingerprint density at radius 1 is 0.424 bits per heavy atom. The minimum Gasteiger partial charge on any atom is -0.463 e.